The molecule has 0 aliphatic carbocycles. The van der Waals surface area contributed by atoms with Crippen molar-refractivity contribution < 1.29 is 24.1 Å². The fourth-order valence-corrected chi connectivity index (χ4v) is 3.77. The van der Waals surface area contributed by atoms with Crippen LogP contribution in [0.4, 0.5) is 0 Å². The van der Waals surface area contributed by atoms with Gasteiger partial charge in [-0.05, 0) is 74.4 Å². The van der Waals surface area contributed by atoms with Crippen molar-refractivity contribution in [1.82, 2.24) is 0 Å². The maximum Gasteiger partial charge on any atom is 0.313 e. The minimum atomic E-state index is -0.824. The second kappa shape index (κ2) is 11.5. The average molecular weight is 453 g/mol. The molecule has 0 amide bonds. The Morgan fingerprint density at radius 3 is 2.47 bits per heavy atom. The Hall–Kier alpha value is -3.12. The topological polar surface area (TPSA) is 65.0 Å². The summed E-state index contributed by atoms with van der Waals surface area (Å²) in [6.07, 6.45) is 0.634. The molecule has 0 radical (unpaired) electrons. The number of ether oxygens (including phenoxy) is 3. The largest absolute Gasteiger partial charge is 0.493 e. The number of hydrogen-bond acceptors (Lipinski definition) is 5. The molecule has 0 aliphatic heterocycles. The highest BCUT2D eigenvalue weighted by Gasteiger charge is 2.12. The molecule has 0 aromatic heterocycles. The van der Waals surface area contributed by atoms with Gasteiger partial charge < -0.3 is 19.3 Å². The standard InChI is InChI=1S/C26H28O5S/c1-18-9-11-23(24(15-18)31-21-7-5-4-6-8-21)30-20(3)13-14-29-22-10-12-25(19(2)16-22)32-17-26(27)28/h4-12,15-16,20H,13-14,17H2,1-3H3,(H,27,28)/t20-/m1/s1. The second-order valence-electron chi connectivity index (χ2n) is 7.54. The Kier molecular flexibility index (Phi) is 8.45. The number of benzene rings is 3. The summed E-state index contributed by atoms with van der Waals surface area (Å²) >= 11 is 1.31. The van der Waals surface area contributed by atoms with E-state index >= 15 is 0 Å². The second-order valence-corrected chi connectivity index (χ2v) is 8.56. The lowest BCUT2D eigenvalue weighted by Gasteiger charge is -2.18. The minimum absolute atomic E-state index is 0.0465. The lowest BCUT2D eigenvalue weighted by molar-refractivity contribution is -0.133. The fraction of sp³-hybridized carbons (Fsp3) is 0.269. The van der Waals surface area contributed by atoms with Gasteiger partial charge in [-0.3, -0.25) is 4.79 Å². The predicted octanol–water partition coefficient (Wildman–Crippen LogP) is 6.51. The molecule has 0 aliphatic rings. The first kappa shape index (κ1) is 23.5. The van der Waals surface area contributed by atoms with Gasteiger partial charge in [0.25, 0.3) is 0 Å². The fourth-order valence-electron chi connectivity index (χ4n) is 3.04. The van der Waals surface area contributed by atoms with Gasteiger partial charge in [0.1, 0.15) is 11.5 Å². The summed E-state index contributed by atoms with van der Waals surface area (Å²) in [7, 11) is 0. The van der Waals surface area contributed by atoms with Crippen molar-refractivity contribution in [3.63, 3.8) is 0 Å². The Morgan fingerprint density at radius 1 is 0.969 bits per heavy atom. The molecule has 1 N–H and O–H groups in total. The Morgan fingerprint density at radius 2 is 1.75 bits per heavy atom. The number of carbonyl (C=O) groups is 1. The van der Waals surface area contributed by atoms with Crippen molar-refractivity contribution in [2.45, 2.75) is 38.2 Å². The van der Waals surface area contributed by atoms with E-state index in [9.17, 15) is 4.79 Å². The van der Waals surface area contributed by atoms with Crippen LogP contribution >= 0.6 is 11.8 Å². The number of carboxylic acids is 1. The number of thioether (sulfide) groups is 1. The van der Waals surface area contributed by atoms with Crippen molar-refractivity contribution in [3.8, 4) is 23.0 Å². The Bertz CT molecular complexity index is 1040. The van der Waals surface area contributed by atoms with Gasteiger partial charge in [0.2, 0.25) is 0 Å². The van der Waals surface area contributed by atoms with Crippen LogP contribution in [-0.4, -0.2) is 29.5 Å². The van der Waals surface area contributed by atoms with Crippen LogP contribution < -0.4 is 14.2 Å². The minimum Gasteiger partial charge on any atom is -0.493 e. The van der Waals surface area contributed by atoms with Crippen LogP contribution in [0.15, 0.2) is 71.6 Å². The monoisotopic (exact) mass is 452 g/mol. The van der Waals surface area contributed by atoms with Crippen molar-refractivity contribution in [3.05, 3.63) is 77.9 Å². The summed E-state index contributed by atoms with van der Waals surface area (Å²) in [5, 5.41) is 8.83. The third-order valence-corrected chi connectivity index (χ3v) is 5.85. The molecule has 3 aromatic carbocycles. The zero-order valence-electron chi connectivity index (χ0n) is 18.5. The molecule has 0 saturated heterocycles. The number of aliphatic carboxylic acids is 1. The van der Waals surface area contributed by atoms with E-state index in [0.717, 1.165) is 27.5 Å². The molecule has 168 valence electrons. The van der Waals surface area contributed by atoms with Crippen LogP contribution in [0, 0.1) is 13.8 Å². The van der Waals surface area contributed by atoms with Crippen molar-refractivity contribution in [2.75, 3.05) is 12.4 Å². The van der Waals surface area contributed by atoms with Crippen molar-refractivity contribution >= 4 is 17.7 Å². The maximum absolute atomic E-state index is 10.8. The van der Waals surface area contributed by atoms with E-state index < -0.39 is 5.97 Å². The van der Waals surface area contributed by atoms with Crippen LogP contribution in [0.3, 0.4) is 0 Å². The van der Waals surface area contributed by atoms with Gasteiger partial charge in [0.05, 0.1) is 18.5 Å². The summed E-state index contributed by atoms with van der Waals surface area (Å²) in [6, 6.07) is 21.3. The smallest absolute Gasteiger partial charge is 0.313 e. The first-order valence-electron chi connectivity index (χ1n) is 10.5. The van der Waals surface area contributed by atoms with Crippen LogP contribution in [0.1, 0.15) is 24.5 Å². The van der Waals surface area contributed by atoms with E-state index in [4.69, 9.17) is 19.3 Å². The first-order chi connectivity index (χ1) is 15.4. The zero-order valence-corrected chi connectivity index (χ0v) is 19.4. The molecule has 3 aromatic rings. The van der Waals surface area contributed by atoms with Gasteiger partial charge in [0, 0.05) is 11.3 Å². The van der Waals surface area contributed by atoms with Gasteiger partial charge in [-0.2, -0.15) is 0 Å². The molecular formula is C26H28O5S. The molecular weight excluding hydrogens is 424 g/mol. The van der Waals surface area contributed by atoms with Gasteiger partial charge in [-0.1, -0.05) is 24.3 Å². The molecule has 0 unspecified atom stereocenters. The number of aryl methyl sites for hydroxylation is 2. The maximum atomic E-state index is 10.8. The van der Waals surface area contributed by atoms with Crippen LogP contribution in [-0.2, 0) is 4.79 Å². The van der Waals surface area contributed by atoms with E-state index in [-0.39, 0.29) is 11.9 Å². The van der Waals surface area contributed by atoms with Crippen LogP contribution in [0.5, 0.6) is 23.0 Å². The van der Waals surface area contributed by atoms with E-state index in [2.05, 4.69) is 0 Å². The van der Waals surface area contributed by atoms with E-state index in [1.807, 2.05) is 87.5 Å². The van der Waals surface area contributed by atoms with E-state index in [1.165, 1.54) is 11.8 Å². The molecule has 3 rings (SSSR count). The number of hydrogen-bond donors (Lipinski definition) is 1. The van der Waals surface area contributed by atoms with Crippen LogP contribution in [0.2, 0.25) is 0 Å². The molecule has 0 saturated carbocycles. The van der Waals surface area contributed by atoms with Crippen molar-refractivity contribution in [1.29, 1.82) is 0 Å². The molecule has 32 heavy (non-hydrogen) atoms. The number of para-hydroxylation sites is 1. The molecule has 1 atom stereocenters. The van der Waals surface area contributed by atoms with Gasteiger partial charge >= 0.3 is 5.97 Å². The van der Waals surface area contributed by atoms with Gasteiger partial charge in [0.15, 0.2) is 11.5 Å². The summed E-state index contributed by atoms with van der Waals surface area (Å²) in [4.78, 5) is 11.7. The summed E-state index contributed by atoms with van der Waals surface area (Å²) in [6.45, 7) is 6.48. The lowest BCUT2D eigenvalue weighted by atomic mass is 10.2. The first-order valence-corrected chi connectivity index (χ1v) is 11.5. The normalized spacial score (nSPS) is 11.6. The molecule has 0 fully saturated rings. The van der Waals surface area contributed by atoms with Crippen LogP contribution in [0.25, 0.3) is 0 Å². The van der Waals surface area contributed by atoms with Gasteiger partial charge in [-0.25, -0.2) is 0 Å². The SMILES string of the molecule is Cc1ccc(O[C@H](C)CCOc2ccc(SCC(=O)O)c(C)c2)c(Oc2ccccc2)c1. The Labute approximate surface area is 193 Å². The highest BCUT2D eigenvalue weighted by atomic mass is 32.2. The molecule has 0 bridgehead atoms. The van der Waals surface area contributed by atoms with Crippen molar-refractivity contribution in [2.24, 2.45) is 0 Å². The lowest BCUT2D eigenvalue weighted by Crippen LogP contribution is -2.16. The number of carboxylic acid groups (broad SMARTS) is 1. The quantitative estimate of drug-likeness (QED) is 0.335. The molecule has 5 nitrogen and oxygen atoms in total. The third kappa shape index (κ3) is 7.24. The number of rotatable bonds is 11. The molecule has 6 heteroatoms. The predicted molar refractivity (Wildman–Crippen MR) is 127 cm³/mol. The Balaban J connectivity index is 1.53. The summed E-state index contributed by atoms with van der Waals surface area (Å²) < 4.78 is 18.1. The summed E-state index contributed by atoms with van der Waals surface area (Å²) in [5.41, 5.74) is 2.10. The molecule has 0 spiro atoms. The average Bonchev–Trinajstić information content (AvgIpc) is 2.76. The third-order valence-electron chi connectivity index (χ3n) is 4.69. The highest BCUT2D eigenvalue weighted by Crippen LogP contribution is 2.33. The molecule has 0 heterocycles. The highest BCUT2D eigenvalue weighted by molar-refractivity contribution is 8.00. The van der Waals surface area contributed by atoms with E-state index in [0.29, 0.717) is 24.5 Å². The van der Waals surface area contributed by atoms with Gasteiger partial charge in [-0.15, -0.1) is 11.8 Å². The zero-order chi connectivity index (χ0) is 22.9. The summed E-state index contributed by atoms with van der Waals surface area (Å²) in [5.74, 6) is 2.13. The van der Waals surface area contributed by atoms with E-state index in [1.54, 1.807) is 0 Å².